The van der Waals surface area contributed by atoms with E-state index < -0.39 is 9.68 Å². The minimum atomic E-state index is -0.580. The summed E-state index contributed by atoms with van der Waals surface area (Å²) in [5, 5.41) is 1.13. The van der Waals surface area contributed by atoms with E-state index in [4.69, 9.17) is 0 Å². The zero-order chi connectivity index (χ0) is 8.85. The lowest BCUT2D eigenvalue weighted by Crippen LogP contribution is -2.33. The van der Waals surface area contributed by atoms with E-state index in [2.05, 4.69) is 13.2 Å². The molecule has 11 heavy (non-hydrogen) atoms. The highest BCUT2D eigenvalue weighted by atomic mass is 28.2. The number of carbonyl (C=O) groups is 1. The molecule has 0 heterocycles. The fraction of sp³-hybridized carbons (Fsp3) is 0.375. The first kappa shape index (κ1) is 10.2. The van der Waals surface area contributed by atoms with Crippen LogP contribution in [-0.2, 0) is 4.79 Å². The molecule has 0 rings (SSSR count). The maximum atomic E-state index is 10.9. The molecule has 62 valence electrons. The van der Waals surface area contributed by atoms with Crippen LogP contribution in [0.5, 0.6) is 0 Å². The highest BCUT2D eigenvalue weighted by Gasteiger charge is 2.05. The van der Waals surface area contributed by atoms with Gasteiger partial charge >= 0.3 is 0 Å². The molecule has 1 amide bonds. The average molecular weight is 169 g/mol. The Labute approximate surface area is 70.5 Å². The Morgan fingerprint density at radius 2 is 2.18 bits per heavy atom. The molecule has 0 aromatic carbocycles. The minimum absolute atomic E-state index is 0.125. The van der Waals surface area contributed by atoms with Crippen LogP contribution in [0.1, 0.15) is 13.8 Å². The van der Waals surface area contributed by atoms with E-state index in [1.165, 1.54) is 0 Å². The van der Waals surface area contributed by atoms with Gasteiger partial charge in [-0.3, -0.25) is 4.79 Å². The van der Waals surface area contributed by atoms with Gasteiger partial charge in [-0.15, -0.1) is 13.2 Å². The van der Waals surface area contributed by atoms with Gasteiger partial charge in [0.15, 0.2) is 9.68 Å². The second-order valence-electron chi connectivity index (χ2n) is 2.65. The molecule has 0 bridgehead atoms. The van der Waals surface area contributed by atoms with Gasteiger partial charge in [-0.05, 0) is 6.92 Å². The molecule has 0 aliphatic rings. The Kier molecular flexibility index (Phi) is 4.53. The van der Waals surface area contributed by atoms with Gasteiger partial charge in [0.25, 0.3) is 0 Å². The van der Waals surface area contributed by atoms with E-state index in [9.17, 15) is 4.79 Å². The molecule has 0 atom stereocenters. The second kappa shape index (κ2) is 4.90. The molecular formula is C8H15NOSi. The number of amides is 1. The van der Waals surface area contributed by atoms with Gasteiger partial charge in [-0.2, -0.15) is 0 Å². The predicted octanol–water partition coefficient (Wildman–Crippen LogP) is 0.638. The highest BCUT2D eigenvalue weighted by Crippen LogP contribution is 1.92. The molecule has 0 spiro atoms. The predicted molar refractivity (Wildman–Crippen MR) is 50.9 cm³/mol. The van der Waals surface area contributed by atoms with Crippen molar-refractivity contribution in [3.63, 3.8) is 0 Å². The molecule has 0 unspecified atom stereocenters. The van der Waals surface area contributed by atoms with Crippen LogP contribution in [0.2, 0.25) is 0 Å². The Morgan fingerprint density at radius 1 is 1.64 bits per heavy atom. The van der Waals surface area contributed by atoms with Crippen LogP contribution in [-0.4, -0.2) is 26.7 Å². The van der Waals surface area contributed by atoms with Crippen LogP contribution < -0.4 is 0 Å². The Bertz CT molecular complexity index is 177. The molecule has 0 aromatic rings. The smallest absolute Gasteiger partial charge is 0.211 e. The molecule has 0 aliphatic carbocycles. The van der Waals surface area contributed by atoms with Crippen molar-refractivity contribution in [3.05, 3.63) is 24.4 Å². The largest absolute Gasteiger partial charge is 0.368 e. The number of allylic oxidation sites excluding steroid dienone is 1. The van der Waals surface area contributed by atoms with Gasteiger partial charge in [-0.1, -0.05) is 11.3 Å². The topological polar surface area (TPSA) is 20.3 Å². The van der Waals surface area contributed by atoms with Crippen molar-refractivity contribution in [2.24, 2.45) is 0 Å². The number of hydrogen-bond donors (Lipinski definition) is 0. The fourth-order valence-corrected chi connectivity index (χ4v) is 1.97. The summed E-state index contributed by atoms with van der Waals surface area (Å²) in [6.45, 7) is 11.6. The van der Waals surface area contributed by atoms with Gasteiger partial charge in [0.05, 0.1) is 0 Å². The summed E-state index contributed by atoms with van der Waals surface area (Å²) >= 11 is 0. The van der Waals surface area contributed by atoms with Crippen molar-refractivity contribution in [1.29, 1.82) is 0 Å². The van der Waals surface area contributed by atoms with Crippen LogP contribution in [0.4, 0.5) is 0 Å². The van der Waals surface area contributed by atoms with E-state index >= 15 is 0 Å². The summed E-state index contributed by atoms with van der Waals surface area (Å²) in [6, 6.07) is 0. The normalized spacial score (nSPS) is 10.0. The zero-order valence-electron chi connectivity index (χ0n) is 7.26. The van der Waals surface area contributed by atoms with E-state index in [1.54, 1.807) is 13.0 Å². The van der Waals surface area contributed by atoms with Crippen LogP contribution in [0.15, 0.2) is 24.4 Å². The Morgan fingerprint density at radius 3 is 2.45 bits per heavy atom. The van der Waals surface area contributed by atoms with E-state index in [0.29, 0.717) is 6.54 Å². The van der Waals surface area contributed by atoms with Crippen LogP contribution in [0, 0.1) is 0 Å². The summed E-state index contributed by atoms with van der Waals surface area (Å²) < 4.78 is 1.83. The Balaban J connectivity index is 3.99. The molecular weight excluding hydrogens is 154 g/mol. The molecule has 0 N–H and O–H groups in total. The van der Waals surface area contributed by atoms with E-state index in [0.717, 1.165) is 5.20 Å². The lowest BCUT2D eigenvalue weighted by Gasteiger charge is -2.18. The van der Waals surface area contributed by atoms with Crippen LogP contribution in [0.3, 0.4) is 0 Å². The first-order chi connectivity index (χ1) is 5.07. The third kappa shape index (κ3) is 4.56. The monoisotopic (exact) mass is 169 g/mol. The standard InChI is InChI=1S/C8H15NOSi/c1-5-6-9(8(4)10)11-7(2)3/h5H,1-2,6,11H2,3-4H3. The number of rotatable bonds is 4. The van der Waals surface area contributed by atoms with Gasteiger partial charge < -0.3 is 4.57 Å². The molecule has 0 radical (unpaired) electrons. The number of hydrogen-bond acceptors (Lipinski definition) is 1. The van der Waals surface area contributed by atoms with Crippen molar-refractivity contribution in [2.45, 2.75) is 13.8 Å². The molecule has 0 saturated heterocycles. The summed E-state index contributed by atoms with van der Waals surface area (Å²) in [4.78, 5) is 10.9. The third-order valence-corrected chi connectivity index (χ3v) is 2.88. The fourth-order valence-electron chi connectivity index (χ4n) is 0.786. The number of nitrogens with zero attached hydrogens (tertiary/aromatic N) is 1. The Hall–Kier alpha value is -0.833. The van der Waals surface area contributed by atoms with Crippen LogP contribution in [0.25, 0.3) is 0 Å². The zero-order valence-corrected chi connectivity index (χ0v) is 8.68. The number of carbonyl (C=O) groups excluding carboxylic acids is 1. The molecule has 3 heteroatoms. The molecule has 0 fully saturated rings. The highest BCUT2D eigenvalue weighted by molar-refractivity contribution is 6.45. The van der Waals surface area contributed by atoms with Gasteiger partial charge in [0, 0.05) is 13.5 Å². The van der Waals surface area contributed by atoms with Crippen molar-refractivity contribution in [1.82, 2.24) is 4.57 Å². The van der Waals surface area contributed by atoms with Gasteiger partial charge in [0.1, 0.15) is 0 Å². The van der Waals surface area contributed by atoms with E-state index in [1.807, 2.05) is 11.5 Å². The molecule has 0 aliphatic heterocycles. The summed E-state index contributed by atoms with van der Waals surface area (Å²) in [7, 11) is -0.580. The lowest BCUT2D eigenvalue weighted by atomic mass is 10.6. The van der Waals surface area contributed by atoms with Crippen molar-refractivity contribution in [2.75, 3.05) is 6.54 Å². The lowest BCUT2D eigenvalue weighted by molar-refractivity contribution is -0.124. The van der Waals surface area contributed by atoms with Crippen molar-refractivity contribution in [3.8, 4) is 0 Å². The maximum absolute atomic E-state index is 10.9. The SMILES string of the molecule is C=CCN([SiH2]C(=C)C)C(C)=O. The van der Waals surface area contributed by atoms with E-state index in [-0.39, 0.29) is 5.91 Å². The maximum Gasteiger partial charge on any atom is 0.211 e. The quantitative estimate of drug-likeness (QED) is 0.447. The first-order valence-electron chi connectivity index (χ1n) is 3.58. The van der Waals surface area contributed by atoms with Gasteiger partial charge in [0.2, 0.25) is 5.91 Å². The average Bonchev–Trinajstić information content (AvgIpc) is 1.86. The summed E-state index contributed by atoms with van der Waals surface area (Å²) in [5.74, 6) is 0.125. The van der Waals surface area contributed by atoms with Crippen molar-refractivity contribution < 1.29 is 4.79 Å². The second-order valence-corrected chi connectivity index (χ2v) is 4.93. The first-order valence-corrected chi connectivity index (χ1v) is 4.92. The van der Waals surface area contributed by atoms with Gasteiger partial charge in [-0.25, -0.2) is 0 Å². The summed E-state index contributed by atoms with van der Waals surface area (Å²) in [6.07, 6.45) is 1.75. The molecule has 2 nitrogen and oxygen atoms in total. The summed E-state index contributed by atoms with van der Waals surface area (Å²) in [5.41, 5.74) is 0. The van der Waals surface area contributed by atoms with Crippen molar-refractivity contribution >= 4 is 15.6 Å². The molecule has 0 saturated carbocycles. The minimum Gasteiger partial charge on any atom is -0.368 e. The molecule has 0 aromatic heterocycles. The third-order valence-electron chi connectivity index (χ3n) is 1.26. The van der Waals surface area contributed by atoms with Crippen LogP contribution >= 0.6 is 0 Å².